The van der Waals surface area contributed by atoms with Crippen LogP contribution in [0.15, 0.2) is 0 Å². The maximum absolute atomic E-state index is 11.8. The Labute approximate surface area is 105 Å². The fourth-order valence-corrected chi connectivity index (χ4v) is 1.72. The third kappa shape index (κ3) is 5.11. The van der Waals surface area contributed by atoms with E-state index in [9.17, 15) is 14.4 Å². The van der Waals surface area contributed by atoms with Gasteiger partial charge in [0.1, 0.15) is 0 Å². The zero-order valence-electron chi connectivity index (χ0n) is 10.4. The highest BCUT2D eigenvalue weighted by atomic mass is 16.2. The molecular weight excluding hydrogens is 238 g/mol. The SMILES string of the molecule is CN(CC(=O)NC(N)=O)CC(=O)N1CCNCC1. The standard InChI is InChI=1S/C10H19N5O3/c1-14(6-8(16)13-10(11)18)7-9(17)15-4-2-12-3-5-15/h12H,2-7H2,1H3,(H3,11,13,16,18). The van der Waals surface area contributed by atoms with Crippen LogP contribution in [-0.2, 0) is 9.59 Å². The van der Waals surface area contributed by atoms with Crippen LogP contribution in [-0.4, -0.2) is 74.0 Å². The summed E-state index contributed by atoms with van der Waals surface area (Å²) in [6.07, 6.45) is 0. The molecule has 0 aromatic rings. The van der Waals surface area contributed by atoms with Gasteiger partial charge in [-0.3, -0.25) is 19.8 Å². The first-order chi connectivity index (χ1) is 8.49. The Morgan fingerprint density at radius 1 is 1.28 bits per heavy atom. The van der Waals surface area contributed by atoms with E-state index in [1.807, 2.05) is 5.32 Å². The van der Waals surface area contributed by atoms with Gasteiger partial charge in [-0.05, 0) is 7.05 Å². The van der Waals surface area contributed by atoms with E-state index in [1.54, 1.807) is 16.8 Å². The molecular formula is C10H19N5O3. The monoisotopic (exact) mass is 257 g/mol. The molecule has 0 aromatic heterocycles. The number of primary amides is 1. The van der Waals surface area contributed by atoms with Gasteiger partial charge in [-0.25, -0.2) is 4.79 Å². The molecule has 4 amide bonds. The Balaban J connectivity index is 2.30. The summed E-state index contributed by atoms with van der Waals surface area (Å²) in [5.41, 5.74) is 4.82. The van der Waals surface area contributed by atoms with Gasteiger partial charge in [0.05, 0.1) is 13.1 Å². The first-order valence-corrected chi connectivity index (χ1v) is 5.75. The first kappa shape index (κ1) is 14.4. The molecule has 0 unspecified atom stereocenters. The molecule has 1 aliphatic heterocycles. The van der Waals surface area contributed by atoms with Crippen LogP contribution in [0.2, 0.25) is 0 Å². The number of nitrogens with one attached hydrogen (secondary N) is 2. The number of hydrogen-bond donors (Lipinski definition) is 3. The zero-order chi connectivity index (χ0) is 13.5. The van der Waals surface area contributed by atoms with Crippen molar-refractivity contribution in [2.75, 3.05) is 46.3 Å². The van der Waals surface area contributed by atoms with Crippen LogP contribution in [0.3, 0.4) is 0 Å². The van der Waals surface area contributed by atoms with Crippen LogP contribution < -0.4 is 16.4 Å². The molecule has 0 aliphatic carbocycles. The van der Waals surface area contributed by atoms with Crippen molar-refractivity contribution in [1.82, 2.24) is 20.4 Å². The normalized spacial score (nSPS) is 15.6. The molecule has 0 spiro atoms. The van der Waals surface area contributed by atoms with Gasteiger partial charge < -0.3 is 16.0 Å². The maximum Gasteiger partial charge on any atom is 0.318 e. The van der Waals surface area contributed by atoms with Gasteiger partial charge in [0.2, 0.25) is 11.8 Å². The Morgan fingerprint density at radius 2 is 1.89 bits per heavy atom. The molecule has 18 heavy (non-hydrogen) atoms. The van der Waals surface area contributed by atoms with Crippen molar-refractivity contribution in [3.63, 3.8) is 0 Å². The summed E-state index contributed by atoms with van der Waals surface area (Å²) in [5, 5.41) is 5.10. The predicted molar refractivity (Wildman–Crippen MR) is 64.7 cm³/mol. The van der Waals surface area contributed by atoms with Crippen LogP contribution in [0.25, 0.3) is 0 Å². The van der Waals surface area contributed by atoms with Crippen LogP contribution in [0.5, 0.6) is 0 Å². The van der Waals surface area contributed by atoms with Crippen molar-refractivity contribution in [3.05, 3.63) is 0 Å². The Morgan fingerprint density at radius 3 is 2.44 bits per heavy atom. The minimum absolute atomic E-state index is 0.0223. The van der Waals surface area contributed by atoms with E-state index >= 15 is 0 Å². The predicted octanol–water partition coefficient (Wildman–Crippen LogP) is -2.46. The Kier molecular flexibility index (Phi) is 5.53. The summed E-state index contributed by atoms with van der Waals surface area (Å²) in [4.78, 5) is 36.8. The van der Waals surface area contributed by atoms with E-state index < -0.39 is 11.9 Å². The first-order valence-electron chi connectivity index (χ1n) is 5.75. The van der Waals surface area contributed by atoms with Crippen molar-refractivity contribution in [1.29, 1.82) is 0 Å². The molecule has 0 saturated carbocycles. The molecule has 8 heteroatoms. The number of nitrogens with zero attached hydrogens (tertiary/aromatic N) is 2. The molecule has 0 radical (unpaired) electrons. The highest BCUT2D eigenvalue weighted by Gasteiger charge is 2.18. The number of piperazine rings is 1. The van der Waals surface area contributed by atoms with Gasteiger partial charge in [0.15, 0.2) is 0 Å². The fourth-order valence-electron chi connectivity index (χ4n) is 1.72. The van der Waals surface area contributed by atoms with E-state index in [0.29, 0.717) is 13.1 Å². The summed E-state index contributed by atoms with van der Waals surface area (Å²) < 4.78 is 0. The summed E-state index contributed by atoms with van der Waals surface area (Å²) in [5.74, 6) is -0.538. The lowest BCUT2D eigenvalue weighted by molar-refractivity contribution is -0.133. The number of amides is 4. The van der Waals surface area contributed by atoms with E-state index in [2.05, 4.69) is 5.32 Å². The third-order valence-corrected chi connectivity index (χ3v) is 2.55. The maximum atomic E-state index is 11.8. The second kappa shape index (κ2) is 6.92. The van der Waals surface area contributed by atoms with E-state index in [0.717, 1.165) is 13.1 Å². The largest absolute Gasteiger partial charge is 0.351 e. The molecule has 0 aromatic carbocycles. The topological polar surface area (TPSA) is 108 Å². The number of imide groups is 1. The van der Waals surface area contributed by atoms with Crippen molar-refractivity contribution in [2.45, 2.75) is 0 Å². The number of urea groups is 1. The average Bonchev–Trinajstić information content (AvgIpc) is 2.28. The molecule has 0 atom stereocenters. The van der Waals surface area contributed by atoms with Gasteiger partial charge in [0.25, 0.3) is 0 Å². The summed E-state index contributed by atoms with van der Waals surface area (Å²) >= 11 is 0. The van der Waals surface area contributed by atoms with E-state index in [-0.39, 0.29) is 19.0 Å². The fraction of sp³-hybridized carbons (Fsp3) is 0.700. The molecule has 1 fully saturated rings. The number of hydrogen-bond acceptors (Lipinski definition) is 5. The molecule has 0 bridgehead atoms. The number of carbonyl (C=O) groups is 3. The quantitative estimate of drug-likeness (QED) is 0.518. The van der Waals surface area contributed by atoms with Crippen LogP contribution in [0.4, 0.5) is 4.79 Å². The van der Waals surface area contributed by atoms with Gasteiger partial charge in [0, 0.05) is 26.2 Å². The summed E-state index contributed by atoms with van der Waals surface area (Å²) in [6, 6.07) is -0.887. The number of rotatable bonds is 4. The zero-order valence-corrected chi connectivity index (χ0v) is 10.4. The summed E-state index contributed by atoms with van der Waals surface area (Å²) in [7, 11) is 1.64. The molecule has 8 nitrogen and oxygen atoms in total. The molecule has 4 N–H and O–H groups in total. The van der Waals surface area contributed by atoms with Gasteiger partial charge in [-0.15, -0.1) is 0 Å². The van der Waals surface area contributed by atoms with Crippen molar-refractivity contribution >= 4 is 17.8 Å². The smallest absolute Gasteiger partial charge is 0.318 e. The third-order valence-electron chi connectivity index (χ3n) is 2.55. The highest BCUT2D eigenvalue weighted by molar-refractivity contribution is 5.94. The van der Waals surface area contributed by atoms with Crippen molar-refractivity contribution in [2.24, 2.45) is 5.73 Å². The van der Waals surface area contributed by atoms with Crippen LogP contribution in [0.1, 0.15) is 0 Å². The van der Waals surface area contributed by atoms with Crippen LogP contribution in [0, 0.1) is 0 Å². The molecule has 1 saturated heterocycles. The van der Waals surface area contributed by atoms with Crippen molar-refractivity contribution in [3.8, 4) is 0 Å². The Bertz CT molecular complexity index is 327. The van der Waals surface area contributed by atoms with Crippen LogP contribution >= 0.6 is 0 Å². The Hall–Kier alpha value is -1.67. The molecule has 1 aliphatic rings. The number of carbonyl (C=O) groups excluding carboxylic acids is 3. The lowest BCUT2D eigenvalue weighted by atomic mass is 10.3. The number of nitrogens with two attached hydrogens (primary N) is 1. The molecule has 1 rings (SSSR count). The lowest BCUT2D eigenvalue weighted by Crippen LogP contribution is -2.50. The second-order valence-corrected chi connectivity index (χ2v) is 4.22. The summed E-state index contributed by atoms with van der Waals surface area (Å²) in [6.45, 7) is 3.04. The van der Waals surface area contributed by atoms with Crippen molar-refractivity contribution < 1.29 is 14.4 Å². The van der Waals surface area contributed by atoms with Gasteiger partial charge >= 0.3 is 6.03 Å². The number of likely N-dealkylation sites (N-methyl/N-ethyl adjacent to an activating group) is 1. The minimum atomic E-state index is -0.887. The average molecular weight is 257 g/mol. The van der Waals surface area contributed by atoms with Gasteiger partial charge in [-0.2, -0.15) is 0 Å². The molecule has 102 valence electrons. The van der Waals surface area contributed by atoms with E-state index in [1.165, 1.54) is 0 Å². The molecule has 1 heterocycles. The second-order valence-electron chi connectivity index (χ2n) is 4.22. The lowest BCUT2D eigenvalue weighted by Gasteiger charge is -2.29. The highest BCUT2D eigenvalue weighted by Crippen LogP contribution is 1.95. The van der Waals surface area contributed by atoms with E-state index in [4.69, 9.17) is 5.73 Å². The minimum Gasteiger partial charge on any atom is -0.351 e. The van der Waals surface area contributed by atoms with Gasteiger partial charge in [-0.1, -0.05) is 0 Å².